The van der Waals surface area contributed by atoms with Gasteiger partial charge in [0.05, 0.1) is 26.4 Å². The molecule has 0 fully saturated rings. The van der Waals surface area contributed by atoms with E-state index < -0.39 is 97.5 Å². The van der Waals surface area contributed by atoms with Crippen molar-refractivity contribution in [3.8, 4) is 0 Å². The Bertz CT molecular complexity index is 1790. The molecule has 17 nitrogen and oxygen atoms in total. The van der Waals surface area contributed by atoms with Crippen LogP contribution >= 0.6 is 15.6 Å². The van der Waals surface area contributed by atoms with Gasteiger partial charge in [0, 0.05) is 25.7 Å². The number of carbonyl (C=O) groups is 4. The molecule has 0 aliphatic heterocycles. The van der Waals surface area contributed by atoms with Crippen molar-refractivity contribution in [3.05, 3.63) is 0 Å². The number of aliphatic hydroxyl groups excluding tert-OH is 1. The number of rotatable bonds is 68. The van der Waals surface area contributed by atoms with Crippen LogP contribution in [0, 0.1) is 23.7 Å². The number of carbonyl (C=O) groups excluding carboxylic acids is 4. The Kier molecular flexibility index (Phi) is 59.4. The van der Waals surface area contributed by atoms with Crippen LogP contribution in [-0.2, 0) is 65.4 Å². The molecule has 0 aliphatic carbocycles. The van der Waals surface area contributed by atoms with Crippen molar-refractivity contribution < 1.29 is 80.2 Å². The smallest absolute Gasteiger partial charge is 0.462 e. The molecular weight excluding hydrogens is 1190 g/mol. The monoisotopic (exact) mass is 1320 g/mol. The van der Waals surface area contributed by atoms with Gasteiger partial charge >= 0.3 is 39.5 Å². The summed E-state index contributed by atoms with van der Waals surface area (Å²) in [6, 6.07) is 0. The number of esters is 4. The number of unbranched alkanes of at least 4 members (excludes halogenated alkanes) is 30. The minimum Gasteiger partial charge on any atom is -0.462 e. The van der Waals surface area contributed by atoms with Crippen LogP contribution in [0.3, 0.4) is 0 Å². The van der Waals surface area contributed by atoms with Crippen LogP contribution in [0.1, 0.15) is 351 Å². The molecule has 0 aromatic rings. The van der Waals surface area contributed by atoms with Gasteiger partial charge in [-0.15, -0.1) is 0 Å². The summed E-state index contributed by atoms with van der Waals surface area (Å²) in [5.41, 5.74) is 0. The first-order valence-electron chi connectivity index (χ1n) is 36.9. The van der Waals surface area contributed by atoms with E-state index in [1.807, 2.05) is 0 Å². The van der Waals surface area contributed by atoms with Gasteiger partial charge in [0.2, 0.25) is 0 Å². The molecule has 0 saturated heterocycles. The third-order valence-corrected chi connectivity index (χ3v) is 19.7. The fourth-order valence-electron chi connectivity index (χ4n) is 10.5. The molecule has 90 heavy (non-hydrogen) atoms. The fourth-order valence-corrected chi connectivity index (χ4v) is 12.1. The molecule has 0 rings (SSSR count). The first-order chi connectivity index (χ1) is 43.2. The van der Waals surface area contributed by atoms with Gasteiger partial charge in [-0.1, -0.05) is 299 Å². The van der Waals surface area contributed by atoms with Crippen molar-refractivity contribution in [3.63, 3.8) is 0 Å². The fraction of sp³-hybridized carbons (Fsp3) is 0.944. The Morgan fingerprint density at radius 3 is 0.733 bits per heavy atom. The average Bonchev–Trinajstić information content (AvgIpc) is 3.10. The Hall–Kier alpha value is -1.94. The highest BCUT2D eigenvalue weighted by Crippen LogP contribution is 2.45. The predicted octanol–water partition coefficient (Wildman–Crippen LogP) is 20.1. The molecule has 6 unspecified atom stereocenters. The molecule has 0 saturated carbocycles. The van der Waals surface area contributed by atoms with Gasteiger partial charge in [0.15, 0.2) is 12.2 Å². The van der Waals surface area contributed by atoms with Gasteiger partial charge in [-0.05, 0) is 49.4 Å². The van der Waals surface area contributed by atoms with E-state index >= 15 is 0 Å². The van der Waals surface area contributed by atoms with Gasteiger partial charge < -0.3 is 33.8 Å². The molecule has 0 spiro atoms. The van der Waals surface area contributed by atoms with E-state index in [0.29, 0.717) is 25.7 Å². The summed E-state index contributed by atoms with van der Waals surface area (Å²) in [6.45, 7) is 14.1. The highest BCUT2D eigenvalue weighted by Gasteiger charge is 2.30. The first-order valence-corrected chi connectivity index (χ1v) is 39.8. The number of aliphatic hydroxyl groups is 1. The Labute approximate surface area is 549 Å². The third kappa shape index (κ3) is 59.8. The van der Waals surface area contributed by atoms with Gasteiger partial charge in [0.25, 0.3) is 0 Å². The summed E-state index contributed by atoms with van der Waals surface area (Å²) in [5.74, 6) is 0.946. The van der Waals surface area contributed by atoms with Crippen LogP contribution in [-0.4, -0.2) is 96.7 Å². The molecule has 0 amide bonds. The zero-order valence-corrected chi connectivity index (χ0v) is 60.6. The van der Waals surface area contributed by atoms with Crippen molar-refractivity contribution in [2.45, 2.75) is 369 Å². The number of phosphoric ester groups is 2. The number of hydrogen-bond acceptors (Lipinski definition) is 15. The molecule has 0 aromatic carbocycles. The molecule has 0 aliphatic rings. The van der Waals surface area contributed by atoms with Crippen LogP contribution in [0.25, 0.3) is 0 Å². The lowest BCUT2D eigenvalue weighted by molar-refractivity contribution is -0.161. The second-order valence-electron chi connectivity index (χ2n) is 26.6. The topological polar surface area (TPSA) is 237 Å². The summed E-state index contributed by atoms with van der Waals surface area (Å²) < 4.78 is 68.3. The van der Waals surface area contributed by atoms with Crippen molar-refractivity contribution in [2.75, 3.05) is 39.6 Å². The first kappa shape index (κ1) is 88.1. The highest BCUT2D eigenvalue weighted by atomic mass is 31.2. The molecule has 534 valence electrons. The molecular formula is C71H138O17P2. The maximum absolute atomic E-state index is 13.0. The average molecular weight is 1330 g/mol. The minimum absolute atomic E-state index is 0.103. The lowest BCUT2D eigenvalue weighted by atomic mass is 9.99. The van der Waals surface area contributed by atoms with Crippen LogP contribution < -0.4 is 0 Å². The summed E-state index contributed by atoms with van der Waals surface area (Å²) in [4.78, 5) is 72.6. The third-order valence-electron chi connectivity index (χ3n) is 17.8. The summed E-state index contributed by atoms with van der Waals surface area (Å²) in [7, 11) is -9.90. The maximum atomic E-state index is 13.0. The molecule has 19 heteroatoms. The lowest BCUT2D eigenvalue weighted by Crippen LogP contribution is -2.30. The van der Waals surface area contributed by atoms with E-state index in [0.717, 1.165) is 126 Å². The SMILES string of the molecule is CCC(C)CCCCCCCCCCCCCCCCC(=O)O[C@H](COC(=O)CCCCCCCCC(C)CC)COP(=O)(O)OC[C@H](O)COP(=O)(O)OC[C@@H](COC(=O)CCCCCCCCC(C)CC)OC(=O)CCCCCCCCCCC(C)CC. The minimum atomic E-state index is -4.95. The second-order valence-corrected chi connectivity index (χ2v) is 29.5. The predicted molar refractivity (Wildman–Crippen MR) is 363 cm³/mol. The van der Waals surface area contributed by atoms with Crippen molar-refractivity contribution in [1.29, 1.82) is 0 Å². The van der Waals surface area contributed by atoms with E-state index in [9.17, 15) is 43.2 Å². The van der Waals surface area contributed by atoms with Crippen LogP contribution in [0.2, 0.25) is 0 Å². The number of ether oxygens (including phenoxy) is 4. The van der Waals surface area contributed by atoms with Gasteiger partial charge in [-0.25, -0.2) is 9.13 Å². The van der Waals surface area contributed by atoms with Crippen molar-refractivity contribution in [1.82, 2.24) is 0 Å². The quantitative estimate of drug-likeness (QED) is 0.0222. The van der Waals surface area contributed by atoms with Crippen molar-refractivity contribution >= 4 is 39.5 Å². The number of phosphoric acid groups is 2. The molecule has 9 atom stereocenters. The summed E-state index contributed by atoms with van der Waals surface area (Å²) in [5, 5.41) is 10.6. The molecule has 0 radical (unpaired) electrons. The zero-order valence-electron chi connectivity index (χ0n) is 58.8. The van der Waals surface area contributed by atoms with E-state index in [-0.39, 0.29) is 25.7 Å². The van der Waals surface area contributed by atoms with Crippen LogP contribution in [0.15, 0.2) is 0 Å². The normalized spacial score (nSPS) is 15.5. The second kappa shape index (κ2) is 60.7. The highest BCUT2D eigenvalue weighted by molar-refractivity contribution is 7.47. The van der Waals surface area contributed by atoms with E-state index in [2.05, 4.69) is 55.4 Å². The molecule has 3 N–H and O–H groups in total. The Morgan fingerprint density at radius 2 is 0.500 bits per heavy atom. The van der Waals surface area contributed by atoms with Crippen molar-refractivity contribution in [2.24, 2.45) is 23.7 Å². The standard InChI is InChI=1S/C71H138O17P2/c1-9-61(5)47-39-31-23-19-17-15-13-14-16-18-20-25-37-45-53-70(75)87-66(57-81-68(73)51-43-35-29-27-33-41-49-63(7)11-3)59-85-89(77,78)83-55-65(72)56-84-90(79,80)86-60-67(58-82-69(74)52-44-36-30-28-34-42-50-64(8)12-4)88-71(76)54-46-38-26-22-21-24-32-40-48-62(6)10-2/h61-67,72H,9-60H2,1-8H3,(H,77,78)(H,79,80)/t61?,62?,63?,64?,65-,66+,67+/m0/s1. The van der Waals surface area contributed by atoms with E-state index in [1.165, 1.54) is 141 Å². The Balaban J connectivity index is 5.24. The van der Waals surface area contributed by atoms with E-state index in [4.69, 9.17) is 37.0 Å². The van der Waals surface area contributed by atoms with Gasteiger partial charge in [-0.2, -0.15) is 0 Å². The van der Waals surface area contributed by atoms with Crippen LogP contribution in [0.4, 0.5) is 0 Å². The Morgan fingerprint density at radius 1 is 0.300 bits per heavy atom. The maximum Gasteiger partial charge on any atom is 0.472 e. The zero-order chi connectivity index (χ0) is 66.8. The largest absolute Gasteiger partial charge is 0.472 e. The van der Waals surface area contributed by atoms with Gasteiger partial charge in [-0.3, -0.25) is 37.3 Å². The van der Waals surface area contributed by atoms with Crippen LogP contribution in [0.5, 0.6) is 0 Å². The number of hydrogen-bond donors (Lipinski definition) is 3. The molecule has 0 bridgehead atoms. The lowest BCUT2D eigenvalue weighted by Gasteiger charge is -2.21. The van der Waals surface area contributed by atoms with Gasteiger partial charge in [0.1, 0.15) is 19.3 Å². The summed E-state index contributed by atoms with van der Waals surface area (Å²) in [6.07, 6.45) is 43.0. The molecule has 0 aromatic heterocycles. The van der Waals surface area contributed by atoms with E-state index in [1.54, 1.807) is 0 Å². The summed E-state index contributed by atoms with van der Waals surface area (Å²) >= 11 is 0. The molecule has 0 heterocycles.